The van der Waals surface area contributed by atoms with Crippen LogP contribution < -0.4 is 0 Å². The molecule has 2 aromatic heterocycles. The predicted octanol–water partition coefficient (Wildman–Crippen LogP) is 4.34. The predicted molar refractivity (Wildman–Crippen MR) is 89.9 cm³/mol. The first-order chi connectivity index (χ1) is 10.3. The minimum Gasteiger partial charge on any atom is -0.281 e. The number of rotatable bonds is 4. The summed E-state index contributed by atoms with van der Waals surface area (Å²) in [5.41, 5.74) is 3.70. The van der Waals surface area contributed by atoms with Crippen molar-refractivity contribution in [3.8, 4) is 0 Å². The van der Waals surface area contributed by atoms with Crippen molar-refractivity contribution in [2.45, 2.75) is 13.5 Å². The second kappa shape index (κ2) is 5.97. The Morgan fingerprint density at radius 3 is 2.86 bits per heavy atom. The minimum absolute atomic E-state index is 0.588. The average Bonchev–Trinajstić information content (AvgIpc) is 2.95. The molecule has 4 heteroatoms. The molecule has 0 saturated heterocycles. The molecule has 104 valence electrons. The Morgan fingerprint density at radius 2 is 2.05 bits per heavy atom. The van der Waals surface area contributed by atoms with E-state index in [4.69, 9.17) is 0 Å². The van der Waals surface area contributed by atoms with Crippen LogP contribution in [0.4, 0.5) is 0 Å². The van der Waals surface area contributed by atoms with Crippen molar-refractivity contribution >= 4 is 33.3 Å². The molecule has 0 aliphatic heterocycles. The van der Waals surface area contributed by atoms with Gasteiger partial charge in [0.25, 0.3) is 0 Å². The molecule has 3 aromatic rings. The summed E-state index contributed by atoms with van der Waals surface area (Å²) in [6, 6.07) is 14.0. The standard InChI is InChI=1S/C17H15N3S/c1-3-13-7-6-9-14(19-13)12(2)18-11-17-20-15-8-4-5-10-16(15)21-17/h3-10H,1,11H2,2H3. The lowest BCUT2D eigenvalue weighted by atomic mass is 10.2. The van der Waals surface area contributed by atoms with Gasteiger partial charge in [-0.05, 0) is 37.3 Å². The fourth-order valence-electron chi connectivity index (χ4n) is 2.02. The van der Waals surface area contributed by atoms with Gasteiger partial charge in [0.05, 0.1) is 33.9 Å². The second-order valence-corrected chi connectivity index (χ2v) is 5.74. The molecule has 3 rings (SSSR count). The molecular formula is C17H15N3S. The first-order valence-electron chi connectivity index (χ1n) is 6.71. The lowest BCUT2D eigenvalue weighted by Crippen LogP contribution is -2.00. The highest BCUT2D eigenvalue weighted by molar-refractivity contribution is 7.18. The molecule has 0 saturated carbocycles. The van der Waals surface area contributed by atoms with E-state index in [1.807, 2.05) is 43.3 Å². The Labute approximate surface area is 127 Å². The van der Waals surface area contributed by atoms with E-state index in [0.717, 1.165) is 27.6 Å². The number of benzene rings is 1. The van der Waals surface area contributed by atoms with Crippen LogP contribution in [0.2, 0.25) is 0 Å². The number of hydrogen-bond donors (Lipinski definition) is 0. The fourth-order valence-corrected chi connectivity index (χ4v) is 2.91. The molecule has 0 aliphatic carbocycles. The molecule has 1 aromatic carbocycles. The van der Waals surface area contributed by atoms with Crippen molar-refractivity contribution in [3.63, 3.8) is 0 Å². The zero-order valence-corrected chi connectivity index (χ0v) is 12.6. The van der Waals surface area contributed by atoms with E-state index in [9.17, 15) is 0 Å². The SMILES string of the molecule is C=Cc1cccc(C(C)=NCc2nc3ccccc3s2)n1. The van der Waals surface area contributed by atoms with Crippen LogP contribution in [0.25, 0.3) is 16.3 Å². The van der Waals surface area contributed by atoms with E-state index in [1.54, 1.807) is 17.4 Å². The lowest BCUT2D eigenvalue weighted by Gasteiger charge is -2.01. The second-order valence-electron chi connectivity index (χ2n) is 4.63. The molecule has 0 bridgehead atoms. The molecule has 0 amide bonds. The highest BCUT2D eigenvalue weighted by atomic mass is 32.1. The van der Waals surface area contributed by atoms with Gasteiger partial charge in [0.1, 0.15) is 5.01 Å². The number of nitrogens with zero attached hydrogens (tertiary/aromatic N) is 3. The summed E-state index contributed by atoms with van der Waals surface area (Å²) in [7, 11) is 0. The molecule has 0 aliphatic rings. The Morgan fingerprint density at radius 1 is 1.19 bits per heavy atom. The summed E-state index contributed by atoms with van der Waals surface area (Å²) in [6.45, 7) is 6.30. The molecular weight excluding hydrogens is 278 g/mol. The van der Waals surface area contributed by atoms with Crippen molar-refractivity contribution in [2.24, 2.45) is 4.99 Å². The van der Waals surface area contributed by atoms with E-state index in [2.05, 4.69) is 27.6 Å². The van der Waals surface area contributed by atoms with Gasteiger partial charge in [0.15, 0.2) is 0 Å². The maximum Gasteiger partial charge on any atom is 0.115 e. The summed E-state index contributed by atoms with van der Waals surface area (Å²) in [4.78, 5) is 13.7. The number of fused-ring (bicyclic) bond motifs is 1. The van der Waals surface area contributed by atoms with E-state index in [-0.39, 0.29) is 0 Å². The molecule has 0 radical (unpaired) electrons. The quantitative estimate of drug-likeness (QED) is 0.671. The van der Waals surface area contributed by atoms with Crippen LogP contribution in [0, 0.1) is 0 Å². The van der Waals surface area contributed by atoms with Crippen LogP contribution in [0.5, 0.6) is 0 Å². The monoisotopic (exact) mass is 293 g/mol. The number of pyridine rings is 1. The van der Waals surface area contributed by atoms with Crippen molar-refractivity contribution in [1.29, 1.82) is 0 Å². The number of hydrogen-bond acceptors (Lipinski definition) is 4. The van der Waals surface area contributed by atoms with Crippen LogP contribution in [0.15, 0.2) is 54.0 Å². The summed E-state index contributed by atoms with van der Waals surface area (Å²) in [5.74, 6) is 0. The first-order valence-corrected chi connectivity index (χ1v) is 7.53. The summed E-state index contributed by atoms with van der Waals surface area (Å²) in [5, 5.41) is 1.02. The fraction of sp³-hybridized carbons (Fsp3) is 0.118. The minimum atomic E-state index is 0.588. The van der Waals surface area contributed by atoms with Gasteiger partial charge < -0.3 is 0 Å². The van der Waals surface area contributed by atoms with Crippen LogP contribution in [0.1, 0.15) is 23.3 Å². The highest BCUT2D eigenvalue weighted by Gasteiger charge is 2.04. The van der Waals surface area contributed by atoms with Crippen molar-refractivity contribution < 1.29 is 0 Å². The Hall–Kier alpha value is -2.33. The zero-order chi connectivity index (χ0) is 14.7. The van der Waals surface area contributed by atoms with Crippen LogP contribution in [-0.2, 0) is 6.54 Å². The molecule has 21 heavy (non-hydrogen) atoms. The van der Waals surface area contributed by atoms with Gasteiger partial charge >= 0.3 is 0 Å². The maximum absolute atomic E-state index is 4.60. The van der Waals surface area contributed by atoms with Crippen molar-refractivity contribution in [2.75, 3.05) is 0 Å². The number of thiazole rings is 1. The summed E-state index contributed by atoms with van der Waals surface area (Å²) >= 11 is 1.69. The molecule has 2 heterocycles. The number of aliphatic imine (C=N–C) groups is 1. The Balaban J connectivity index is 1.82. The van der Waals surface area contributed by atoms with E-state index in [1.165, 1.54) is 4.70 Å². The third-order valence-electron chi connectivity index (χ3n) is 3.14. The third-order valence-corrected chi connectivity index (χ3v) is 4.16. The van der Waals surface area contributed by atoms with E-state index >= 15 is 0 Å². The summed E-state index contributed by atoms with van der Waals surface area (Å²) in [6.07, 6.45) is 1.74. The maximum atomic E-state index is 4.60. The average molecular weight is 293 g/mol. The van der Waals surface area contributed by atoms with Crippen molar-refractivity contribution in [3.05, 3.63) is 65.4 Å². The van der Waals surface area contributed by atoms with E-state index in [0.29, 0.717) is 6.54 Å². The van der Waals surface area contributed by atoms with Gasteiger partial charge in [-0.2, -0.15) is 0 Å². The van der Waals surface area contributed by atoms with E-state index < -0.39 is 0 Å². The Kier molecular flexibility index (Phi) is 3.88. The van der Waals surface area contributed by atoms with Gasteiger partial charge in [-0.25, -0.2) is 9.97 Å². The lowest BCUT2D eigenvalue weighted by molar-refractivity contribution is 1.04. The topological polar surface area (TPSA) is 38.1 Å². The molecule has 3 nitrogen and oxygen atoms in total. The largest absolute Gasteiger partial charge is 0.281 e. The normalized spacial score (nSPS) is 11.8. The van der Waals surface area contributed by atoms with Crippen LogP contribution in [-0.4, -0.2) is 15.7 Å². The van der Waals surface area contributed by atoms with Crippen LogP contribution >= 0.6 is 11.3 Å². The van der Waals surface area contributed by atoms with Gasteiger partial charge in [-0.15, -0.1) is 11.3 Å². The molecule has 0 atom stereocenters. The third kappa shape index (κ3) is 3.06. The Bertz CT molecular complexity index is 785. The zero-order valence-electron chi connectivity index (χ0n) is 11.8. The van der Waals surface area contributed by atoms with Gasteiger partial charge in [-0.3, -0.25) is 4.99 Å². The molecule has 0 fully saturated rings. The highest BCUT2D eigenvalue weighted by Crippen LogP contribution is 2.22. The molecule has 0 N–H and O–H groups in total. The van der Waals surface area contributed by atoms with Gasteiger partial charge in [-0.1, -0.05) is 24.8 Å². The van der Waals surface area contributed by atoms with Gasteiger partial charge in [0, 0.05) is 0 Å². The van der Waals surface area contributed by atoms with Crippen molar-refractivity contribution in [1.82, 2.24) is 9.97 Å². The summed E-state index contributed by atoms with van der Waals surface area (Å²) < 4.78 is 1.20. The smallest absolute Gasteiger partial charge is 0.115 e. The molecule has 0 spiro atoms. The van der Waals surface area contributed by atoms with Crippen LogP contribution in [0.3, 0.4) is 0 Å². The number of para-hydroxylation sites is 1. The first kappa shape index (κ1) is 13.6. The number of aromatic nitrogens is 2. The van der Waals surface area contributed by atoms with Gasteiger partial charge in [0.2, 0.25) is 0 Å². The molecule has 0 unspecified atom stereocenters.